The molecule has 2 rings (SSSR count). The SMILES string of the molecule is CC1CCC(CO)(NCCC2CCCO2)CC1. The normalized spacial score (nSPS) is 38.5. The van der Waals surface area contributed by atoms with Crippen molar-refractivity contribution in [2.24, 2.45) is 5.92 Å². The van der Waals surface area contributed by atoms with E-state index in [-0.39, 0.29) is 12.1 Å². The van der Waals surface area contributed by atoms with Crippen molar-refractivity contribution in [3.8, 4) is 0 Å². The monoisotopic (exact) mass is 241 g/mol. The number of hydrogen-bond acceptors (Lipinski definition) is 3. The molecule has 0 spiro atoms. The van der Waals surface area contributed by atoms with Crippen molar-refractivity contribution in [3.63, 3.8) is 0 Å². The van der Waals surface area contributed by atoms with E-state index >= 15 is 0 Å². The molecule has 0 radical (unpaired) electrons. The van der Waals surface area contributed by atoms with Crippen molar-refractivity contribution in [3.05, 3.63) is 0 Å². The molecule has 0 aromatic carbocycles. The molecule has 0 aromatic rings. The highest BCUT2D eigenvalue weighted by Gasteiger charge is 2.33. The average molecular weight is 241 g/mol. The molecule has 1 saturated carbocycles. The minimum atomic E-state index is 0.00507. The molecule has 17 heavy (non-hydrogen) atoms. The predicted molar refractivity (Wildman–Crippen MR) is 69.0 cm³/mol. The maximum atomic E-state index is 9.63. The smallest absolute Gasteiger partial charge is 0.0613 e. The zero-order chi connectivity index (χ0) is 12.1. The number of rotatable bonds is 5. The van der Waals surface area contributed by atoms with Crippen molar-refractivity contribution >= 4 is 0 Å². The van der Waals surface area contributed by atoms with Crippen LogP contribution in [0, 0.1) is 5.92 Å². The van der Waals surface area contributed by atoms with Crippen molar-refractivity contribution in [2.75, 3.05) is 19.8 Å². The van der Waals surface area contributed by atoms with Crippen molar-refractivity contribution in [2.45, 2.75) is 63.5 Å². The van der Waals surface area contributed by atoms with E-state index in [4.69, 9.17) is 4.74 Å². The summed E-state index contributed by atoms with van der Waals surface area (Å²) in [6.45, 7) is 4.52. The molecule has 0 bridgehead atoms. The van der Waals surface area contributed by atoms with E-state index in [1.165, 1.54) is 25.7 Å². The number of hydrogen-bond donors (Lipinski definition) is 2. The van der Waals surface area contributed by atoms with Gasteiger partial charge in [0, 0.05) is 12.1 Å². The van der Waals surface area contributed by atoms with Crippen molar-refractivity contribution in [1.82, 2.24) is 5.32 Å². The molecule has 1 aliphatic carbocycles. The Labute approximate surface area is 105 Å². The topological polar surface area (TPSA) is 41.5 Å². The second kappa shape index (κ2) is 6.17. The van der Waals surface area contributed by atoms with Crippen LogP contribution in [0.15, 0.2) is 0 Å². The molecule has 1 heterocycles. The number of nitrogens with one attached hydrogen (secondary N) is 1. The van der Waals surface area contributed by atoms with Crippen LogP contribution in [-0.4, -0.2) is 36.5 Å². The van der Waals surface area contributed by atoms with Crippen LogP contribution in [0.4, 0.5) is 0 Å². The van der Waals surface area contributed by atoms with Gasteiger partial charge in [0.05, 0.1) is 12.7 Å². The predicted octanol–water partition coefficient (Wildman–Crippen LogP) is 2.09. The Morgan fingerprint density at radius 2 is 2.06 bits per heavy atom. The molecule has 2 aliphatic rings. The first-order valence-electron chi connectivity index (χ1n) is 7.22. The van der Waals surface area contributed by atoms with Gasteiger partial charge in [-0.2, -0.15) is 0 Å². The van der Waals surface area contributed by atoms with Gasteiger partial charge >= 0.3 is 0 Å². The molecule has 3 nitrogen and oxygen atoms in total. The minimum absolute atomic E-state index is 0.00507. The van der Waals surface area contributed by atoms with Crippen molar-refractivity contribution in [1.29, 1.82) is 0 Å². The van der Waals surface area contributed by atoms with Gasteiger partial charge in [0.1, 0.15) is 0 Å². The number of aliphatic hydroxyl groups is 1. The van der Waals surface area contributed by atoms with Gasteiger partial charge in [0.15, 0.2) is 0 Å². The highest BCUT2D eigenvalue weighted by molar-refractivity contribution is 4.91. The Hall–Kier alpha value is -0.120. The Bertz CT molecular complexity index is 218. The molecule has 2 fully saturated rings. The lowest BCUT2D eigenvalue weighted by molar-refractivity contribution is 0.0831. The average Bonchev–Trinajstić information content (AvgIpc) is 2.85. The molecule has 0 aromatic heterocycles. The molecule has 1 saturated heterocycles. The van der Waals surface area contributed by atoms with E-state index in [9.17, 15) is 5.11 Å². The van der Waals surface area contributed by atoms with Crippen LogP contribution in [-0.2, 0) is 4.74 Å². The Kier molecular flexibility index (Phi) is 4.83. The fraction of sp³-hybridized carbons (Fsp3) is 1.00. The van der Waals surface area contributed by atoms with E-state index in [2.05, 4.69) is 12.2 Å². The van der Waals surface area contributed by atoms with E-state index < -0.39 is 0 Å². The summed E-state index contributed by atoms with van der Waals surface area (Å²) < 4.78 is 5.62. The maximum absolute atomic E-state index is 9.63. The van der Waals surface area contributed by atoms with Crippen LogP contribution in [0.1, 0.15) is 51.9 Å². The van der Waals surface area contributed by atoms with Crippen LogP contribution >= 0.6 is 0 Å². The Morgan fingerprint density at radius 1 is 1.29 bits per heavy atom. The highest BCUT2D eigenvalue weighted by atomic mass is 16.5. The van der Waals surface area contributed by atoms with Crippen LogP contribution < -0.4 is 5.32 Å². The van der Waals surface area contributed by atoms with Gasteiger partial charge in [-0.05, 0) is 57.4 Å². The number of ether oxygens (including phenoxy) is 1. The first-order valence-corrected chi connectivity index (χ1v) is 7.22. The van der Waals surface area contributed by atoms with Crippen LogP contribution in [0.5, 0.6) is 0 Å². The molecule has 100 valence electrons. The molecular formula is C14H27NO2. The third kappa shape index (κ3) is 3.67. The van der Waals surface area contributed by atoms with E-state index in [0.29, 0.717) is 6.10 Å². The molecule has 2 N–H and O–H groups in total. The molecule has 1 atom stereocenters. The van der Waals surface area contributed by atoms with Gasteiger partial charge in [0.2, 0.25) is 0 Å². The largest absolute Gasteiger partial charge is 0.394 e. The molecule has 0 amide bonds. The summed E-state index contributed by atoms with van der Waals surface area (Å²) in [6.07, 6.45) is 8.71. The zero-order valence-electron chi connectivity index (χ0n) is 11.1. The van der Waals surface area contributed by atoms with Gasteiger partial charge in [-0.25, -0.2) is 0 Å². The summed E-state index contributed by atoms with van der Waals surface area (Å²) in [6, 6.07) is 0. The lowest BCUT2D eigenvalue weighted by Gasteiger charge is -2.39. The minimum Gasteiger partial charge on any atom is -0.394 e. The summed E-state index contributed by atoms with van der Waals surface area (Å²) in [5.41, 5.74) is 0.00507. The van der Waals surface area contributed by atoms with Gasteiger partial charge in [-0.3, -0.25) is 0 Å². The maximum Gasteiger partial charge on any atom is 0.0613 e. The summed E-state index contributed by atoms with van der Waals surface area (Å²) in [4.78, 5) is 0. The summed E-state index contributed by atoms with van der Waals surface area (Å²) in [5, 5.41) is 13.2. The van der Waals surface area contributed by atoms with Gasteiger partial charge in [-0.15, -0.1) is 0 Å². The Morgan fingerprint density at radius 3 is 2.65 bits per heavy atom. The first-order chi connectivity index (χ1) is 8.24. The van der Waals surface area contributed by atoms with Gasteiger partial charge < -0.3 is 15.2 Å². The lowest BCUT2D eigenvalue weighted by Crippen LogP contribution is -2.51. The molecular weight excluding hydrogens is 214 g/mol. The van der Waals surface area contributed by atoms with Crippen molar-refractivity contribution < 1.29 is 9.84 Å². The van der Waals surface area contributed by atoms with E-state index in [0.717, 1.165) is 38.3 Å². The Balaban J connectivity index is 1.71. The van der Waals surface area contributed by atoms with Gasteiger partial charge in [-0.1, -0.05) is 6.92 Å². The van der Waals surface area contributed by atoms with Crippen LogP contribution in [0.2, 0.25) is 0 Å². The summed E-state index contributed by atoms with van der Waals surface area (Å²) in [7, 11) is 0. The molecule has 1 unspecified atom stereocenters. The fourth-order valence-corrected chi connectivity index (χ4v) is 3.08. The summed E-state index contributed by atoms with van der Waals surface area (Å²) in [5.74, 6) is 0.828. The third-order valence-corrected chi connectivity index (χ3v) is 4.52. The summed E-state index contributed by atoms with van der Waals surface area (Å²) >= 11 is 0. The quantitative estimate of drug-likeness (QED) is 0.774. The second-order valence-electron chi connectivity index (χ2n) is 5.97. The van der Waals surface area contributed by atoms with Gasteiger partial charge in [0.25, 0.3) is 0 Å². The first kappa shape index (κ1) is 13.3. The third-order valence-electron chi connectivity index (χ3n) is 4.52. The standard InChI is InChI=1S/C14H27NO2/c1-12-4-7-14(11-16,8-5-12)15-9-6-13-3-2-10-17-13/h12-13,15-16H,2-11H2,1H3. The lowest BCUT2D eigenvalue weighted by atomic mass is 9.77. The van der Waals surface area contributed by atoms with Crippen LogP contribution in [0.3, 0.4) is 0 Å². The molecule has 3 heteroatoms. The van der Waals surface area contributed by atoms with E-state index in [1.54, 1.807) is 0 Å². The second-order valence-corrected chi connectivity index (χ2v) is 5.97. The zero-order valence-corrected chi connectivity index (χ0v) is 11.1. The van der Waals surface area contributed by atoms with Crippen LogP contribution in [0.25, 0.3) is 0 Å². The molecule has 1 aliphatic heterocycles. The highest BCUT2D eigenvalue weighted by Crippen LogP contribution is 2.31. The van der Waals surface area contributed by atoms with E-state index in [1.807, 2.05) is 0 Å². The fourth-order valence-electron chi connectivity index (χ4n) is 3.08. The number of aliphatic hydroxyl groups excluding tert-OH is 1.